The summed E-state index contributed by atoms with van der Waals surface area (Å²) in [5.74, 6) is 1.94. The third-order valence-corrected chi connectivity index (χ3v) is 10.8. The molecule has 8 rings (SSSR count). The molecule has 0 aromatic heterocycles. The highest BCUT2D eigenvalue weighted by Gasteiger charge is 2.60. The van der Waals surface area contributed by atoms with E-state index < -0.39 is 5.09 Å². The van der Waals surface area contributed by atoms with Crippen LogP contribution in [0, 0.1) is 44.6 Å². The number of rotatable bonds is 8. The van der Waals surface area contributed by atoms with Gasteiger partial charge in [-0.2, -0.15) is 0 Å². The Morgan fingerprint density at radius 2 is 1.72 bits per heavy atom. The number of phenolic OH excluding ortho intramolecular Hbond substituents is 2. The maximum Gasteiger partial charge on any atom is 0.294 e. The molecule has 1 aromatic carbocycles. The average Bonchev–Trinajstić information content (AvgIpc) is 2.76. The van der Waals surface area contributed by atoms with Gasteiger partial charge in [-0.1, -0.05) is 13.8 Å². The van der Waals surface area contributed by atoms with Gasteiger partial charge in [0.15, 0.2) is 0 Å². The number of aromatic hydroxyl groups is 2. The SMILES string of the molecule is CC1(C)[C@@H]2C[C@H]1[C@H](c1c(O)cc(C34CC5CC(CC(COCCO[N+](=O)[O-])(C5)C3)C4)cc1O)CC2=O. The molecule has 7 aliphatic rings. The van der Waals surface area contributed by atoms with Gasteiger partial charge in [0.25, 0.3) is 5.09 Å². The van der Waals surface area contributed by atoms with E-state index in [2.05, 4.69) is 18.7 Å². The molecule has 6 bridgehead atoms. The molecule has 8 nitrogen and oxygen atoms in total. The Morgan fingerprint density at radius 3 is 2.31 bits per heavy atom. The fraction of sp³-hybridized carbons (Fsp3) is 0.750. The lowest BCUT2D eigenvalue weighted by Crippen LogP contribution is -2.56. The van der Waals surface area contributed by atoms with Crippen molar-refractivity contribution in [1.82, 2.24) is 0 Å². The van der Waals surface area contributed by atoms with Crippen molar-refractivity contribution >= 4 is 5.78 Å². The lowest BCUT2D eigenvalue weighted by molar-refractivity contribution is -0.758. The minimum atomic E-state index is -0.792. The number of hydrogen-bond donors (Lipinski definition) is 2. The van der Waals surface area contributed by atoms with Gasteiger partial charge >= 0.3 is 0 Å². The molecule has 36 heavy (non-hydrogen) atoms. The number of benzene rings is 1. The van der Waals surface area contributed by atoms with Crippen LogP contribution in [-0.2, 0) is 19.8 Å². The van der Waals surface area contributed by atoms with Crippen LogP contribution in [0.1, 0.15) is 82.3 Å². The van der Waals surface area contributed by atoms with Gasteiger partial charge in [0.1, 0.15) is 23.9 Å². The van der Waals surface area contributed by atoms with Crippen LogP contribution in [0.25, 0.3) is 0 Å². The summed E-state index contributed by atoms with van der Waals surface area (Å²) in [6.07, 6.45) is 7.68. The molecule has 0 amide bonds. The molecule has 8 heteroatoms. The van der Waals surface area contributed by atoms with E-state index in [4.69, 9.17) is 4.74 Å². The van der Waals surface area contributed by atoms with Crippen molar-refractivity contribution < 1.29 is 29.7 Å². The van der Waals surface area contributed by atoms with E-state index in [1.807, 2.05) is 12.1 Å². The number of Topliss-reactive ketones (excluding diaryl/α,β-unsaturated/α-hetero) is 1. The fourth-order valence-corrected chi connectivity index (χ4v) is 9.72. The second kappa shape index (κ2) is 8.07. The molecule has 0 heterocycles. The predicted molar refractivity (Wildman–Crippen MR) is 130 cm³/mol. The van der Waals surface area contributed by atoms with Crippen LogP contribution in [0.3, 0.4) is 0 Å². The lowest BCUT2D eigenvalue weighted by Gasteiger charge is -2.62. The van der Waals surface area contributed by atoms with Crippen molar-refractivity contribution in [3.63, 3.8) is 0 Å². The molecule has 2 unspecified atom stereocenters. The number of hydrogen-bond acceptors (Lipinski definition) is 7. The highest BCUT2D eigenvalue weighted by atomic mass is 17.0. The van der Waals surface area contributed by atoms with Gasteiger partial charge in [-0.3, -0.25) is 4.79 Å². The molecule has 0 radical (unpaired) electrons. The minimum absolute atomic E-state index is 0.0172. The number of nitrogens with zero attached hydrogens (tertiary/aromatic N) is 1. The smallest absolute Gasteiger partial charge is 0.294 e. The van der Waals surface area contributed by atoms with Crippen molar-refractivity contribution in [2.75, 3.05) is 19.8 Å². The van der Waals surface area contributed by atoms with Crippen LogP contribution < -0.4 is 0 Å². The molecule has 196 valence electrons. The van der Waals surface area contributed by atoms with E-state index in [0.29, 0.717) is 36.3 Å². The Morgan fingerprint density at radius 1 is 1.06 bits per heavy atom. The number of phenols is 2. The Bertz CT molecular complexity index is 1060. The van der Waals surface area contributed by atoms with Gasteiger partial charge in [0.05, 0.1) is 13.2 Å². The predicted octanol–water partition coefficient (Wildman–Crippen LogP) is 4.88. The minimum Gasteiger partial charge on any atom is -0.508 e. The second-order valence-electron chi connectivity index (χ2n) is 13.3. The molecule has 2 N–H and O–H groups in total. The molecule has 1 aromatic rings. The van der Waals surface area contributed by atoms with E-state index in [1.54, 1.807) is 0 Å². The van der Waals surface area contributed by atoms with E-state index in [-0.39, 0.29) is 58.6 Å². The first-order valence-corrected chi connectivity index (χ1v) is 13.5. The van der Waals surface area contributed by atoms with Gasteiger partial charge < -0.3 is 19.8 Å². The van der Waals surface area contributed by atoms with E-state index >= 15 is 0 Å². The second-order valence-corrected chi connectivity index (χ2v) is 13.3. The molecule has 0 spiro atoms. The molecular formula is C28H37NO7. The summed E-state index contributed by atoms with van der Waals surface area (Å²) in [4.78, 5) is 27.5. The molecule has 7 aliphatic carbocycles. The zero-order valence-electron chi connectivity index (χ0n) is 21.2. The van der Waals surface area contributed by atoms with Gasteiger partial charge in [0, 0.05) is 23.8 Å². The van der Waals surface area contributed by atoms with Gasteiger partial charge in [0.2, 0.25) is 0 Å². The number of ketones is 1. The summed E-state index contributed by atoms with van der Waals surface area (Å²) in [5.41, 5.74) is 1.38. The Hall–Kier alpha value is -2.35. The molecule has 0 saturated heterocycles. The Kier molecular flexibility index (Phi) is 5.38. The van der Waals surface area contributed by atoms with Crippen molar-refractivity contribution in [3.8, 4) is 11.5 Å². The third-order valence-electron chi connectivity index (χ3n) is 10.8. The maximum atomic E-state index is 12.7. The van der Waals surface area contributed by atoms with Gasteiger partial charge in [-0.25, -0.2) is 0 Å². The topological polar surface area (TPSA) is 119 Å². The number of carbonyl (C=O) groups is 1. The number of ether oxygens (including phenoxy) is 1. The molecular weight excluding hydrogens is 462 g/mol. The van der Waals surface area contributed by atoms with Crippen LogP contribution in [0.2, 0.25) is 0 Å². The van der Waals surface area contributed by atoms with E-state index in [0.717, 1.165) is 44.1 Å². The molecule has 7 saturated carbocycles. The van der Waals surface area contributed by atoms with Gasteiger partial charge in [-0.05, 0) is 96.6 Å². The first-order chi connectivity index (χ1) is 17.0. The summed E-state index contributed by atoms with van der Waals surface area (Å²) in [5, 5.41) is 32.1. The molecule has 7 fully saturated rings. The van der Waals surface area contributed by atoms with Crippen LogP contribution in [0.5, 0.6) is 11.5 Å². The zero-order valence-corrected chi connectivity index (χ0v) is 21.2. The quantitative estimate of drug-likeness (QED) is 0.297. The van der Waals surface area contributed by atoms with Gasteiger partial charge in [-0.15, -0.1) is 10.1 Å². The standard InChI is InChI=1S/C28H37NO7/c1-26(2)20-9-21(26)22(30)8-19(20)25-23(31)6-18(7-24(25)32)28-12-16-5-17(13-28)11-27(10-16,14-28)15-35-3-4-36-29(33)34/h6-7,16-17,19-21,31-32H,3-5,8-15H2,1-2H3/t16?,17?,19-,20+,21-,27?,28?/m1/s1. The van der Waals surface area contributed by atoms with Crippen LogP contribution >= 0.6 is 0 Å². The molecule has 5 atom stereocenters. The highest BCUT2D eigenvalue weighted by molar-refractivity contribution is 5.86. The summed E-state index contributed by atoms with van der Waals surface area (Å²) in [6, 6.07) is 3.76. The average molecular weight is 500 g/mol. The summed E-state index contributed by atoms with van der Waals surface area (Å²) < 4.78 is 5.88. The van der Waals surface area contributed by atoms with Crippen molar-refractivity contribution in [2.45, 2.75) is 76.5 Å². The van der Waals surface area contributed by atoms with Crippen LogP contribution in [-0.4, -0.2) is 40.9 Å². The van der Waals surface area contributed by atoms with Crippen molar-refractivity contribution in [2.24, 2.45) is 34.5 Å². The van der Waals surface area contributed by atoms with Crippen molar-refractivity contribution in [3.05, 3.63) is 33.4 Å². The maximum absolute atomic E-state index is 12.7. The monoisotopic (exact) mass is 499 g/mol. The first-order valence-electron chi connectivity index (χ1n) is 13.5. The summed E-state index contributed by atoms with van der Waals surface area (Å²) in [6.45, 7) is 4.96. The number of carbonyl (C=O) groups excluding carboxylic acids is 1. The third kappa shape index (κ3) is 3.62. The largest absolute Gasteiger partial charge is 0.508 e. The molecule has 0 aliphatic heterocycles. The van der Waals surface area contributed by atoms with E-state index in [9.17, 15) is 25.1 Å². The fourth-order valence-electron chi connectivity index (χ4n) is 9.72. The van der Waals surface area contributed by atoms with Crippen LogP contribution in [0.4, 0.5) is 0 Å². The summed E-state index contributed by atoms with van der Waals surface area (Å²) >= 11 is 0. The Labute approximate surface area is 211 Å². The number of fused-ring (bicyclic) bond motifs is 2. The normalized spacial score (nSPS) is 39.6. The summed E-state index contributed by atoms with van der Waals surface area (Å²) in [7, 11) is 0. The zero-order chi connectivity index (χ0) is 25.5. The van der Waals surface area contributed by atoms with Crippen LogP contribution in [0.15, 0.2) is 12.1 Å². The first kappa shape index (κ1) is 24.0. The highest BCUT2D eigenvalue weighted by Crippen LogP contribution is 2.67. The Balaban J connectivity index is 1.25. The van der Waals surface area contributed by atoms with Crippen molar-refractivity contribution in [1.29, 1.82) is 0 Å². The van der Waals surface area contributed by atoms with E-state index in [1.165, 1.54) is 6.42 Å². The lowest BCUT2D eigenvalue weighted by atomic mass is 9.43.